The topological polar surface area (TPSA) is 65.1 Å². The Kier molecular flexibility index (Phi) is 7.04. The molecule has 1 unspecified atom stereocenters. The van der Waals surface area contributed by atoms with Crippen molar-refractivity contribution in [2.24, 2.45) is 0 Å². The lowest BCUT2D eigenvalue weighted by Crippen LogP contribution is -2.48. The molecule has 0 radical (unpaired) electrons. The quantitative estimate of drug-likeness (QED) is 0.495. The van der Waals surface area contributed by atoms with E-state index in [1.54, 1.807) is 0 Å². The van der Waals surface area contributed by atoms with Gasteiger partial charge in [-0.05, 0) is 63.2 Å². The fraction of sp³-hybridized carbons (Fsp3) is 0.333. The van der Waals surface area contributed by atoms with E-state index in [1.807, 2.05) is 97.3 Å². The molecule has 0 aromatic heterocycles. The molecule has 0 spiro atoms. The zero-order valence-electron chi connectivity index (χ0n) is 21.7. The fourth-order valence-electron chi connectivity index (χ4n) is 5.21. The molecule has 0 bridgehead atoms. The summed E-state index contributed by atoms with van der Waals surface area (Å²) in [5, 5.41) is 3.51. The van der Waals surface area contributed by atoms with Gasteiger partial charge in [0.05, 0.1) is 12.3 Å². The number of anilines is 2. The monoisotopic (exact) mass is 498 g/mol. The Balaban J connectivity index is 1.24. The van der Waals surface area contributed by atoms with E-state index in [0.29, 0.717) is 25.3 Å². The number of amides is 2. The van der Waals surface area contributed by atoms with Crippen LogP contribution in [0.25, 0.3) is 0 Å². The van der Waals surface area contributed by atoms with Gasteiger partial charge in [-0.2, -0.15) is 0 Å². The van der Waals surface area contributed by atoms with Crippen LogP contribution in [0.2, 0.25) is 0 Å². The van der Waals surface area contributed by atoms with Crippen LogP contribution in [-0.4, -0.2) is 60.4 Å². The highest BCUT2D eigenvalue weighted by Gasteiger charge is 2.37. The van der Waals surface area contributed by atoms with Gasteiger partial charge in [-0.1, -0.05) is 30.3 Å². The third-order valence-corrected chi connectivity index (χ3v) is 7.06. The second-order valence-corrected chi connectivity index (χ2v) is 9.70. The molecule has 2 amide bonds. The van der Waals surface area contributed by atoms with E-state index in [4.69, 9.17) is 4.74 Å². The predicted octanol–water partition coefficient (Wildman–Crippen LogP) is 5.02. The fourth-order valence-corrected chi connectivity index (χ4v) is 5.21. The summed E-state index contributed by atoms with van der Waals surface area (Å²) < 4.78 is 5.79. The van der Waals surface area contributed by atoms with Crippen molar-refractivity contribution in [1.82, 2.24) is 9.80 Å². The Labute approximate surface area is 218 Å². The maximum atomic E-state index is 13.2. The summed E-state index contributed by atoms with van der Waals surface area (Å²) in [6.45, 7) is 9.49. The average Bonchev–Trinajstić information content (AvgIpc) is 3.21. The number of carbonyl (C=O) groups is 2. The average molecular weight is 499 g/mol. The number of piperazine rings is 1. The number of ether oxygens (including phenoxy) is 1. The molecule has 3 aromatic rings. The third kappa shape index (κ3) is 4.86. The Hall–Kier alpha value is -4.00. The lowest BCUT2D eigenvalue weighted by atomic mass is 10.1. The molecule has 2 heterocycles. The van der Waals surface area contributed by atoms with Gasteiger partial charge in [-0.3, -0.25) is 9.59 Å². The maximum Gasteiger partial charge on any atom is 0.256 e. The Morgan fingerprint density at radius 2 is 1.62 bits per heavy atom. The van der Waals surface area contributed by atoms with Gasteiger partial charge < -0.3 is 24.8 Å². The first-order valence-electron chi connectivity index (χ1n) is 13.0. The standard InChI is InChI=1S/C30H34N4O3/c1-4-37-27-12-8-7-11-26(27)32-17-19-33(20-18-32)29(35)22-13-15-23(16-14-22)31-28-24-9-5-6-10-25(24)30(36)34(28)21(2)3/h5-16,21,28,31H,4,17-20H2,1-3H3. The molecule has 1 N–H and O–H groups in total. The summed E-state index contributed by atoms with van der Waals surface area (Å²) in [7, 11) is 0. The van der Waals surface area contributed by atoms with Crippen LogP contribution < -0.4 is 15.0 Å². The van der Waals surface area contributed by atoms with Gasteiger partial charge in [0.1, 0.15) is 11.9 Å². The lowest BCUT2D eigenvalue weighted by molar-refractivity contribution is 0.0684. The van der Waals surface area contributed by atoms with Gasteiger partial charge in [0.15, 0.2) is 0 Å². The number of carbonyl (C=O) groups excluding carboxylic acids is 2. The van der Waals surface area contributed by atoms with Crippen LogP contribution in [0.15, 0.2) is 72.8 Å². The van der Waals surface area contributed by atoms with Gasteiger partial charge in [0.25, 0.3) is 11.8 Å². The van der Waals surface area contributed by atoms with Gasteiger partial charge in [0, 0.05) is 54.6 Å². The van der Waals surface area contributed by atoms with Crippen LogP contribution in [0.1, 0.15) is 53.2 Å². The molecule has 192 valence electrons. The lowest BCUT2D eigenvalue weighted by Gasteiger charge is -2.36. The molecule has 37 heavy (non-hydrogen) atoms. The first-order chi connectivity index (χ1) is 18.0. The van der Waals surface area contributed by atoms with Crippen LogP contribution >= 0.6 is 0 Å². The van der Waals surface area contributed by atoms with Crippen molar-refractivity contribution < 1.29 is 14.3 Å². The number of para-hydroxylation sites is 2. The Morgan fingerprint density at radius 1 is 0.946 bits per heavy atom. The van der Waals surface area contributed by atoms with E-state index in [1.165, 1.54) is 0 Å². The minimum Gasteiger partial charge on any atom is -0.492 e. The summed E-state index contributed by atoms with van der Waals surface area (Å²) in [5.74, 6) is 0.961. The number of rotatable bonds is 7. The zero-order valence-corrected chi connectivity index (χ0v) is 21.7. The molecule has 7 nitrogen and oxygen atoms in total. The van der Waals surface area contributed by atoms with Crippen molar-refractivity contribution in [2.45, 2.75) is 33.0 Å². The van der Waals surface area contributed by atoms with Crippen LogP contribution in [-0.2, 0) is 0 Å². The highest BCUT2D eigenvalue weighted by atomic mass is 16.5. The van der Waals surface area contributed by atoms with Crippen LogP contribution in [0.3, 0.4) is 0 Å². The van der Waals surface area contributed by atoms with Gasteiger partial charge in [-0.25, -0.2) is 0 Å². The number of hydrogen-bond acceptors (Lipinski definition) is 5. The zero-order chi connectivity index (χ0) is 25.9. The summed E-state index contributed by atoms with van der Waals surface area (Å²) in [6, 6.07) is 23.4. The van der Waals surface area contributed by atoms with Crippen molar-refractivity contribution in [3.05, 3.63) is 89.5 Å². The molecule has 1 fully saturated rings. The molecule has 0 aliphatic carbocycles. The van der Waals surface area contributed by atoms with E-state index in [0.717, 1.165) is 41.3 Å². The molecule has 3 aromatic carbocycles. The van der Waals surface area contributed by atoms with E-state index in [2.05, 4.69) is 16.3 Å². The number of nitrogens with one attached hydrogen (secondary N) is 1. The molecule has 1 saturated heterocycles. The van der Waals surface area contributed by atoms with Crippen molar-refractivity contribution >= 4 is 23.2 Å². The summed E-state index contributed by atoms with van der Waals surface area (Å²) in [5.41, 5.74) is 4.33. The minimum absolute atomic E-state index is 0.0366. The normalized spacial score (nSPS) is 17.2. The molecule has 2 aliphatic heterocycles. The maximum absolute atomic E-state index is 13.2. The minimum atomic E-state index is -0.238. The molecule has 2 aliphatic rings. The van der Waals surface area contributed by atoms with Gasteiger partial charge in [-0.15, -0.1) is 0 Å². The van der Waals surface area contributed by atoms with E-state index >= 15 is 0 Å². The molecule has 1 atom stereocenters. The van der Waals surface area contributed by atoms with E-state index < -0.39 is 0 Å². The Bertz CT molecular complexity index is 1270. The van der Waals surface area contributed by atoms with Crippen LogP contribution in [0.4, 0.5) is 11.4 Å². The number of fused-ring (bicyclic) bond motifs is 1. The summed E-state index contributed by atoms with van der Waals surface area (Å²) >= 11 is 0. The predicted molar refractivity (Wildman–Crippen MR) is 146 cm³/mol. The van der Waals surface area contributed by atoms with Crippen molar-refractivity contribution in [3.8, 4) is 5.75 Å². The third-order valence-electron chi connectivity index (χ3n) is 7.06. The van der Waals surface area contributed by atoms with Gasteiger partial charge in [0.2, 0.25) is 0 Å². The second kappa shape index (κ2) is 10.5. The molecule has 5 rings (SSSR count). The highest BCUT2D eigenvalue weighted by Crippen LogP contribution is 2.36. The van der Waals surface area contributed by atoms with E-state index in [-0.39, 0.29) is 24.0 Å². The van der Waals surface area contributed by atoms with Crippen molar-refractivity contribution in [3.63, 3.8) is 0 Å². The molecule has 0 saturated carbocycles. The SMILES string of the molecule is CCOc1ccccc1N1CCN(C(=O)c2ccc(NC3c4ccccc4C(=O)N3C(C)C)cc2)CC1. The molecular weight excluding hydrogens is 464 g/mol. The van der Waals surface area contributed by atoms with Crippen LogP contribution in [0.5, 0.6) is 5.75 Å². The highest BCUT2D eigenvalue weighted by molar-refractivity contribution is 6.00. The first kappa shape index (κ1) is 24.7. The Morgan fingerprint density at radius 3 is 2.32 bits per heavy atom. The molecule has 7 heteroatoms. The molecular formula is C30H34N4O3. The largest absolute Gasteiger partial charge is 0.492 e. The van der Waals surface area contributed by atoms with Crippen molar-refractivity contribution in [1.29, 1.82) is 0 Å². The smallest absolute Gasteiger partial charge is 0.256 e. The number of nitrogens with zero attached hydrogens (tertiary/aromatic N) is 3. The van der Waals surface area contributed by atoms with Crippen LogP contribution in [0, 0.1) is 0 Å². The van der Waals surface area contributed by atoms with E-state index in [9.17, 15) is 9.59 Å². The van der Waals surface area contributed by atoms with Crippen molar-refractivity contribution in [2.75, 3.05) is 43.0 Å². The second-order valence-electron chi connectivity index (χ2n) is 9.70. The number of hydrogen-bond donors (Lipinski definition) is 1. The first-order valence-corrected chi connectivity index (χ1v) is 13.0. The number of benzene rings is 3. The van der Waals surface area contributed by atoms with Gasteiger partial charge >= 0.3 is 0 Å². The summed E-state index contributed by atoms with van der Waals surface area (Å²) in [6.07, 6.45) is -0.238. The summed E-state index contributed by atoms with van der Waals surface area (Å²) in [4.78, 5) is 32.2.